The molecule has 1 aliphatic rings. The first-order valence-corrected chi connectivity index (χ1v) is 9.87. The summed E-state index contributed by atoms with van der Waals surface area (Å²) in [6.45, 7) is 7.25. The van der Waals surface area contributed by atoms with Crippen molar-refractivity contribution in [3.63, 3.8) is 0 Å². The van der Waals surface area contributed by atoms with E-state index in [0.717, 1.165) is 35.5 Å². The number of halogens is 1. The van der Waals surface area contributed by atoms with Crippen molar-refractivity contribution in [2.75, 3.05) is 32.8 Å². The smallest absolute Gasteiger partial charge is 0.254 e. The molecule has 1 N–H and O–H groups in total. The van der Waals surface area contributed by atoms with Crippen LogP contribution < -0.4 is 10.2 Å². The van der Waals surface area contributed by atoms with Crippen LogP contribution >= 0.6 is 0 Å². The third kappa shape index (κ3) is 6.79. The van der Waals surface area contributed by atoms with E-state index >= 15 is 0 Å². The molecule has 0 unspecified atom stereocenters. The maximum absolute atomic E-state index is 13.0. The molecule has 1 aliphatic heterocycles. The lowest BCUT2D eigenvalue weighted by Gasteiger charge is -2.25. The van der Waals surface area contributed by atoms with Gasteiger partial charge in [0, 0.05) is 13.1 Å². The molecule has 1 heterocycles. The van der Waals surface area contributed by atoms with Gasteiger partial charge in [-0.2, -0.15) is 5.10 Å². The molecule has 0 radical (unpaired) electrons. The minimum absolute atomic E-state index is 0.154. The van der Waals surface area contributed by atoms with Gasteiger partial charge in [-0.05, 0) is 53.4 Å². The van der Waals surface area contributed by atoms with Crippen LogP contribution in [0.2, 0.25) is 0 Å². The molecular weight excluding hydrogens is 385 g/mol. The summed E-state index contributed by atoms with van der Waals surface area (Å²) in [5.41, 5.74) is 5.24. The lowest BCUT2D eigenvalue weighted by molar-refractivity contribution is -0.123. The fourth-order valence-electron chi connectivity index (χ4n) is 3.05. The van der Waals surface area contributed by atoms with Gasteiger partial charge in [0.1, 0.15) is 18.2 Å². The van der Waals surface area contributed by atoms with Crippen molar-refractivity contribution in [3.05, 3.63) is 77.6 Å². The van der Waals surface area contributed by atoms with Gasteiger partial charge < -0.3 is 9.47 Å². The van der Waals surface area contributed by atoms with Gasteiger partial charge in [0.25, 0.3) is 5.91 Å². The van der Waals surface area contributed by atoms with Crippen molar-refractivity contribution < 1.29 is 18.7 Å². The molecule has 7 heteroatoms. The van der Waals surface area contributed by atoms with E-state index in [0.29, 0.717) is 32.8 Å². The first-order chi connectivity index (χ1) is 14.6. The van der Waals surface area contributed by atoms with Crippen molar-refractivity contribution in [1.29, 1.82) is 0 Å². The Bertz CT molecular complexity index is 878. The molecule has 0 spiro atoms. The molecule has 30 heavy (non-hydrogen) atoms. The maximum atomic E-state index is 13.0. The highest BCUT2D eigenvalue weighted by Gasteiger charge is 2.13. The number of benzene rings is 2. The second-order valence-corrected chi connectivity index (χ2v) is 6.96. The third-order valence-corrected chi connectivity index (χ3v) is 4.63. The first kappa shape index (κ1) is 21.7. The van der Waals surface area contributed by atoms with Gasteiger partial charge in [-0.25, -0.2) is 9.82 Å². The van der Waals surface area contributed by atoms with Gasteiger partial charge in [0.05, 0.1) is 26.0 Å². The number of carbonyl (C=O) groups is 1. The zero-order chi connectivity index (χ0) is 21.2. The number of hydrogen-bond acceptors (Lipinski definition) is 5. The predicted octanol–water partition coefficient (Wildman–Crippen LogP) is 2.92. The molecule has 0 aromatic heterocycles. The molecule has 3 rings (SSSR count). The van der Waals surface area contributed by atoms with Gasteiger partial charge in [-0.3, -0.25) is 9.69 Å². The van der Waals surface area contributed by atoms with Gasteiger partial charge in [0.15, 0.2) is 0 Å². The minimum Gasteiger partial charge on any atom is -0.489 e. The van der Waals surface area contributed by atoms with E-state index in [1.54, 1.807) is 24.4 Å². The standard InChI is InChI=1S/C23H26FN3O3/c1-2-3-20-14-19(15-25-26-23(28)16-27-10-12-29-13-11-27)6-9-22(20)30-17-18-4-7-21(24)8-5-18/h2,4-9,14-15H,1,3,10-13,16-17H2,(H,26,28)/b25-15+. The number of nitrogens with zero attached hydrogens (tertiary/aromatic N) is 2. The molecule has 0 aliphatic carbocycles. The van der Waals surface area contributed by atoms with E-state index in [-0.39, 0.29) is 11.7 Å². The lowest BCUT2D eigenvalue weighted by atomic mass is 10.1. The molecule has 6 nitrogen and oxygen atoms in total. The molecule has 158 valence electrons. The summed E-state index contributed by atoms with van der Waals surface area (Å²) in [6.07, 6.45) is 4.03. The molecule has 0 atom stereocenters. The van der Waals surface area contributed by atoms with Crippen molar-refractivity contribution in [1.82, 2.24) is 10.3 Å². The highest BCUT2D eigenvalue weighted by atomic mass is 19.1. The van der Waals surface area contributed by atoms with Gasteiger partial charge in [-0.15, -0.1) is 6.58 Å². The maximum Gasteiger partial charge on any atom is 0.254 e. The van der Waals surface area contributed by atoms with Crippen LogP contribution in [0.5, 0.6) is 5.75 Å². The van der Waals surface area contributed by atoms with Crippen LogP contribution in [0.1, 0.15) is 16.7 Å². The van der Waals surface area contributed by atoms with E-state index < -0.39 is 0 Å². The summed E-state index contributed by atoms with van der Waals surface area (Å²) < 4.78 is 24.2. The summed E-state index contributed by atoms with van der Waals surface area (Å²) >= 11 is 0. The van der Waals surface area contributed by atoms with Gasteiger partial charge in [-0.1, -0.05) is 18.2 Å². The van der Waals surface area contributed by atoms with E-state index in [1.165, 1.54) is 12.1 Å². The summed E-state index contributed by atoms with van der Waals surface area (Å²) in [5.74, 6) is 0.304. The highest BCUT2D eigenvalue weighted by molar-refractivity contribution is 5.83. The van der Waals surface area contributed by atoms with E-state index in [9.17, 15) is 9.18 Å². The molecule has 2 aromatic carbocycles. The Morgan fingerprint density at radius 1 is 1.23 bits per heavy atom. The molecule has 1 fully saturated rings. The number of ether oxygens (including phenoxy) is 2. The van der Waals surface area contributed by atoms with Crippen LogP contribution in [-0.4, -0.2) is 49.9 Å². The van der Waals surface area contributed by atoms with Crippen molar-refractivity contribution >= 4 is 12.1 Å². The third-order valence-electron chi connectivity index (χ3n) is 4.63. The zero-order valence-corrected chi connectivity index (χ0v) is 16.9. The Morgan fingerprint density at radius 2 is 2.00 bits per heavy atom. The largest absolute Gasteiger partial charge is 0.489 e. The second-order valence-electron chi connectivity index (χ2n) is 6.96. The number of nitrogens with one attached hydrogen (secondary N) is 1. The predicted molar refractivity (Wildman–Crippen MR) is 114 cm³/mol. The fraction of sp³-hybridized carbons (Fsp3) is 0.304. The highest BCUT2D eigenvalue weighted by Crippen LogP contribution is 2.22. The Balaban J connectivity index is 1.56. The average molecular weight is 411 g/mol. The molecular formula is C23H26FN3O3. The molecule has 1 amide bonds. The number of hydrogen-bond donors (Lipinski definition) is 1. The topological polar surface area (TPSA) is 63.2 Å². The summed E-state index contributed by atoms with van der Waals surface area (Å²) in [6, 6.07) is 11.9. The molecule has 2 aromatic rings. The first-order valence-electron chi connectivity index (χ1n) is 9.87. The average Bonchev–Trinajstić information content (AvgIpc) is 2.75. The zero-order valence-electron chi connectivity index (χ0n) is 16.9. The van der Waals surface area contributed by atoms with Gasteiger partial charge >= 0.3 is 0 Å². The van der Waals surface area contributed by atoms with E-state index in [2.05, 4.69) is 17.1 Å². The number of morpholine rings is 1. The SMILES string of the molecule is C=CCc1cc(/C=N/NC(=O)CN2CCOCC2)ccc1OCc1ccc(F)cc1. The number of hydrazone groups is 1. The number of amides is 1. The number of rotatable bonds is 9. The van der Waals surface area contributed by atoms with Crippen LogP contribution in [0.4, 0.5) is 4.39 Å². The normalized spacial score (nSPS) is 14.6. The van der Waals surface area contributed by atoms with Crippen molar-refractivity contribution in [2.24, 2.45) is 5.10 Å². The lowest BCUT2D eigenvalue weighted by Crippen LogP contribution is -2.42. The van der Waals surface area contributed by atoms with Crippen LogP contribution in [-0.2, 0) is 22.6 Å². The Labute approximate surface area is 176 Å². The number of allylic oxidation sites excluding steroid dienone is 1. The summed E-state index contributed by atoms with van der Waals surface area (Å²) in [7, 11) is 0. The minimum atomic E-state index is -0.272. The quantitative estimate of drug-likeness (QED) is 0.392. The Hall–Kier alpha value is -3.03. The van der Waals surface area contributed by atoms with Crippen molar-refractivity contribution in [2.45, 2.75) is 13.0 Å². The fourth-order valence-corrected chi connectivity index (χ4v) is 3.05. The number of carbonyl (C=O) groups excluding carboxylic acids is 1. The van der Waals surface area contributed by atoms with Gasteiger partial charge in [0.2, 0.25) is 0 Å². The summed E-state index contributed by atoms with van der Waals surface area (Å²) in [4.78, 5) is 14.0. The van der Waals surface area contributed by atoms with Crippen molar-refractivity contribution in [3.8, 4) is 5.75 Å². The Morgan fingerprint density at radius 3 is 2.73 bits per heavy atom. The molecule has 0 bridgehead atoms. The van der Waals surface area contributed by atoms with E-state index in [1.807, 2.05) is 23.1 Å². The van der Waals surface area contributed by atoms with E-state index in [4.69, 9.17) is 9.47 Å². The monoisotopic (exact) mass is 411 g/mol. The van der Waals surface area contributed by atoms with Crippen LogP contribution in [0.15, 0.2) is 60.2 Å². The van der Waals surface area contributed by atoms with Crippen LogP contribution in [0, 0.1) is 5.82 Å². The molecule has 1 saturated heterocycles. The Kier molecular flexibility index (Phi) is 8.11. The summed E-state index contributed by atoms with van der Waals surface area (Å²) in [5, 5.41) is 4.06. The second kappa shape index (κ2) is 11.2. The van der Waals surface area contributed by atoms with Crippen LogP contribution in [0.3, 0.4) is 0 Å². The molecule has 0 saturated carbocycles. The van der Waals surface area contributed by atoms with Crippen LogP contribution in [0.25, 0.3) is 0 Å².